The molecular formula is C39H41N3O8. The van der Waals surface area contributed by atoms with Crippen LogP contribution in [0.2, 0.25) is 0 Å². The summed E-state index contributed by atoms with van der Waals surface area (Å²) in [5, 5.41) is 15.4. The molecule has 50 heavy (non-hydrogen) atoms. The highest BCUT2D eigenvalue weighted by atomic mass is 16.6. The van der Waals surface area contributed by atoms with Gasteiger partial charge in [-0.15, -0.1) is 0 Å². The smallest absolute Gasteiger partial charge is 0.410 e. The Morgan fingerprint density at radius 2 is 1.48 bits per heavy atom. The maximum Gasteiger partial charge on any atom is 0.410 e. The maximum atomic E-state index is 13.4. The number of nitrogens with one attached hydrogen (secondary N) is 2. The van der Waals surface area contributed by atoms with Gasteiger partial charge in [-0.2, -0.15) is 0 Å². The molecule has 1 fully saturated rings. The van der Waals surface area contributed by atoms with Crippen LogP contribution >= 0.6 is 0 Å². The lowest BCUT2D eigenvalue weighted by Crippen LogP contribution is -2.51. The number of phenols is 1. The maximum absolute atomic E-state index is 13.4. The number of carbonyl (C=O) groups is 4. The number of carbonyl (C=O) groups excluding carboxylic acids is 4. The Kier molecular flexibility index (Phi) is 11.4. The fraction of sp³-hybridized carbons (Fsp3) is 0.282. The number of rotatable bonds is 9. The first-order chi connectivity index (χ1) is 23.9. The third-order valence-corrected chi connectivity index (χ3v) is 7.89. The normalized spacial score (nSPS) is 16.0. The van der Waals surface area contributed by atoms with Crippen LogP contribution in [-0.2, 0) is 16.1 Å². The van der Waals surface area contributed by atoms with E-state index in [1.54, 1.807) is 69.3 Å². The van der Waals surface area contributed by atoms with Gasteiger partial charge >= 0.3 is 12.1 Å². The fourth-order valence-electron chi connectivity index (χ4n) is 5.38. The predicted molar refractivity (Wildman–Crippen MR) is 187 cm³/mol. The average molecular weight is 680 g/mol. The summed E-state index contributed by atoms with van der Waals surface area (Å²) in [5.74, 6) is -0.988. The van der Waals surface area contributed by atoms with Crippen molar-refractivity contribution in [3.63, 3.8) is 0 Å². The van der Waals surface area contributed by atoms with Crippen LogP contribution in [0, 0.1) is 0 Å². The molecule has 1 aliphatic rings. The zero-order chi connectivity index (χ0) is 35.7. The van der Waals surface area contributed by atoms with E-state index in [1.807, 2.05) is 30.3 Å². The van der Waals surface area contributed by atoms with Gasteiger partial charge in [0, 0.05) is 24.3 Å². The topological polar surface area (TPSA) is 144 Å². The first-order valence-electron chi connectivity index (χ1n) is 16.4. The van der Waals surface area contributed by atoms with Gasteiger partial charge in [0.15, 0.2) is 0 Å². The minimum Gasteiger partial charge on any atom is -0.508 e. The monoisotopic (exact) mass is 679 g/mol. The second kappa shape index (κ2) is 16.0. The lowest BCUT2D eigenvalue weighted by Gasteiger charge is -2.30. The van der Waals surface area contributed by atoms with Crippen molar-refractivity contribution >= 4 is 29.6 Å². The minimum absolute atomic E-state index is 0.0159. The summed E-state index contributed by atoms with van der Waals surface area (Å²) in [6.07, 6.45) is -0.408. The van der Waals surface area contributed by atoms with Gasteiger partial charge in [0.1, 0.15) is 29.8 Å². The quantitative estimate of drug-likeness (QED) is 0.169. The molecule has 3 N–H and O–H groups in total. The number of hydrogen-bond donors (Lipinski definition) is 3. The van der Waals surface area contributed by atoms with Crippen LogP contribution in [0.3, 0.4) is 0 Å². The number of para-hydroxylation sites is 1. The summed E-state index contributed by atoms with van der Waals surface area (Å²) >= 11 is 0. The Bertz CT molecular complexity index is 1790. The number of ether oxygens (including phenoxy) is 3. The molecule has 0 aromatic heterocycles. The van der Waals surface area contributed by atoms with Gasteiger partial charge in [0.05, 0.1) is 17.2 Å². The number of nitrogens with zero attached hydrogens (tertiary/aromatic N) is 1. The van der Waals surface area contributed by atoms with E-state index in [0.29, 0.717) is 48.6 Å². The molecule has 4 aromatic rings. The number of likely N-dealkylation sites (tertiary alicyclic amines) is 1. The Morgan fingerprint density at radius 1 is 0.820 bits per heavy atom. The molecule has 11 nitrogen and oxygen atoms in total. The molecule has 5 rings (SSSR count). The Hall–Kier alpha value is -5.84. The Balaban J connectivity index is 1.25. The van der Waals surface area contributed by atoms with Crippen molar-refractivity contribution in [1.82, 2.24) is 10.2 Å². The van der Waals surface area contributed by atoms with Crippen molar-refractivity contribution in [1.29, 1.82) is 0 Å². The molecular weight excluding hydrogens is 638 g/mol. The first-order valence-corrected chi connectivity index (χ1v) is 16.4. The summed E-state index contributed by atoms with van der Waals surface area (Å²) in [6.45, 7) is 6.03. The zero-order valence-electron chi connectivity index (χ0n) is 28.3. The largest absolute Gasteiger partial charge is 0.508 e. The molecule has 1 heterocycles. The number of phenolic OH excluding ortho intramolecular Hbond substituents is 1. The van der Waals surface area contributed by atoms with Crippen molar-refractivity contribution in [3.05, 3.63) is 125 Å². The summed E-state index contributed by atoms with van der Waals surface area (Å²) in [4.78, 5) is 54.2. The SMILES string of the molecule is CC(C)(C)OC(=O)N1CCC[C@@H](OC(=O)c2ccc(NC(=O)c3ccccc3OCc3ccccc3)cc2)[C@H](NC(=O)c2ccc(O)cc2)C1. The van der Waals surface area contributed by atoms with Gasteiger partial charge in [-0.1, -0.05) is 42.5 Å². The molecule has 0 aliphatic carbocycles. The molecule has 0 spiro atoms. The zero-order valence-corrected chi connectivity index (χ0v) is 28.3. The number of hydrogen-bond acceptors (Lipinski definition) is 8. The van der Waals surface area contributed by atoms with Gasteiger partial charge in [-0.3, -0.25) is 9.59 Å². The van der Waals surface area contributed by atoms with Gasteiger partial charge in [-0.05, 0) is 99.8 Å². The lowest BCUT2D eigenvalue weighted by molar-refractivity contribution is 0.0127. The number of amides is 3. The molecule has 11 heteroatoms. The molecule has 4 aromatic carbocycles. The van der Waals surface area contributed by atoms with Crippen LogP contribution in [0.15, 0.2) is 103 Å². The van der Waals surface area contributed by atoms with Crippen molar-refractivity contribution in [2.75, 3.05) is 18.4 Å². The van der Waals surface area contributed by atoms with Crippen molar-refractivity contribution in [2.45, 2.75) is 58.0 Å². The van der Waals surface area contributed by atoms with Crippen molar-refractivity contribution < 1.29 is 38.5 Å². The van der Waals surface area contributed by atoms with E-state index < -0.39 is 35.7 Å². The minimum atomic E-state index is -0.761. The predicted octanol–water partition coefficient (Wildman–Crippen LogP) is 6.58. The second-order valence-electron chi connectivity index (χ2n) is 12.9. The molecule has 0 bridgehead atoms. The molecule has 1 saturated heterocycles. The highest BCUT2D eigenvalue weighted by Gasteiger charge is 2.35. The highest BCUT2D eigenvalue weighted by Crippen LogP contribution is 2.23. The summed E-state index contributed by atoms with van der Waals surface area (Å²) in [6, 6.07) is 27.9. The van der Waals surface area contributed by atoms with Crippen molar-refractivity contribution in [2.24, 2.45) is 0 Å². The van der Waals surface area contributed by atoms with Crippen molar-refractivity contribution in [3.8, 4) is 11.5 Å². The third-order valence-electron chi connectivity index (χ3n) is 7.89. The summed E-state index contributed by atoms with van der Waals surface area (Å²) in [7, 11) is 0. The molecule has 1 aliphatic heterocycles. The van der Waals surface area contributed by atoms with E-state index >= 15 is 0 Å². The van der Waals surface area contributed by atoms with Crippen LogP contribution in [0.4, 0.5) is 10.5 Å². The molecule has 3 amide bonds. The number of esters is 1. The molecule has 0 unspecified atom stereocenters. The van der Waals surface area contributed by atoms with Crippen LogP contribution < -0.4 is 15.4 Å². The molecule has 0 saturated carbocycles. The Morgan fingerprint density at radius 3 is 2.18 bits per heavy atom. The van der Waals surface area contributed by atoms with Crippen LogP contribution in [0.25, 0.3) is 0 Å². The molecule has 0 radical (unpaired) electrons. The van der Waals surface area contributed by atoms with Gasteiger partial charge in [0.2, 0.25) is 0 Å². The number of anilines is 1. The molecule has 2 atom stereocenters. The highest BCUT2D eigenvalue weighted by molar-refractivity contribution is 6.06. The van der Waals surface area contributed by atoms with E-state index in [2.05, 4.69) is 10.6 Å². The fourth-order valence-corrected chi connectivity index (χ4v) is 5.38. The molecule has 260 valence electrons. The van der Waals surface area contributed by atoms with Gasteiger partial charge < -0.3 is 34.9 Å². The van der Waals surface area contributed by atoms with E-state index in [9.17, 15) is 24.3 Å². The van der Waals surface area contributed by atoms with Gasteiger partial charge in [0.25, 0.3) is 11.8 Å². The summed E-state index contributed by atoms with van der Waals surface area (Å²) < 4.78 is 17.5. The second-order valence-corrected chi connectivity index (χ2v) is 12.9. The average Bonchev–Trinajstić information content (AvgIpc) is 3.29. The standard InChI is InChI=1S/C39H41N3O8/c1-39(2,3)50-38(47)42-23-9-14-34(32(24-42)41-35(44)27-17-21-30(43)22-18-27)49-37(46)28-15-19-29(20-16-28)40-36(45)31-12-7-8-13-33(31)48-25-26-10-5-4-6-11-26/h4-8,10-13,15-22,32,34,43H,9,14,23-25H2,1-3H3,(H,40,45)(H,41,44)/t32-,34-/m1/s1. The van der Waals surface area contributed by atoms with E-state index in [1.165, 1.54) is 29.2 Å². The van der Waals surface area contributed by atoms with Crippen LogP contribution in [0.5, 0.6) is 11.5 Å². The lowest BCUT2D eigenvalue weighted by atomic mass is 10.1. The van der Waals surface area contributed by atoms with E-state index in [4.69, 9.17) is 14.2 Å². The number of aromatic hydroxyl groups is 1. The Labute approximate surface area is 291 Å². The first kappa shape index (κ1) is 35.5. The van der Waals surface area contributed by atoms with Gasteiger partial charge in [-0.25, -0.2) is 9.59 Å². The van der Waals surface area contributed by atoms with E-state index in [0.717, 1.165) is 5.56 Å². The summed E-state index contributed by atoms with van der Waals surface area (Å²) in [5.41, 5.74) is 1.62. The van der Waals surface area contributed by atoms with E-state index in [-0.39, 0.29) is 23.8 Å². The van der Waals surface area contributed by atoms with Crippen LogP contribution in [0.1, 0.15) is 70.3 Å². The van der Waals surface area contributed by atoms with Crippen LogP contribution in [-0.4, -0.2) is 64.7 Å². The third kappa shape index (κ3) is 9.85. The number of benzene rings is 4.